The van der Waals surface area contributed by atoms with Gasteiger partial charge in [0.1, 0.15) is 11.6 Å². The second kappa shape index (κ2) is 7.28. The molecule has 0 aliphatic rings. The van der Waals surface area contributed by atoms with Gasteiger partial charge in [0, 0.05) is 12.6 Å². The topological polar surface area (TPSA) is 50.4 Å². The maximum absolute atomic E-state index is 13.2. The van der Waals surface area contributed by atoms with Crippen LogP contribution in [-0.2, 0) is 0 Å². The molecule has 0 spiro atoms. The molecule has 0 atom stereocenters. The summed E-state index contributed by atoms with van der Waals surface area (Å²) in [5.41, 5.74) is 0.523. The second-order valence-electron chi connectivity index (χ2n) is 4.44. The second-order valence-corrected chi connectivity index (χ2v) is 4.44. The normalized spacial score (nSPS) is 10.0. The zero-order valence-corrected chi connectivity index (χ0v) is 11.7. The summed E-state index contributed by atoms with van der Waals surface area (Å²) in [5.74, 6) is 0.451. The van der Waals surface area contributed by atoms with Crippen LogP contribution in [0.1, 0.15) is 13.3 Å². The van der Waals surface area contributed by atoms with Gasteiger partial charge in [-0.05, 0) is 30.7 Å². The fourth-order valence-corrected chi connectivity index (χ4v) is 1.72. The smallest absolute Gasteiger partial charge is 0.319 e. The molecule has 21 heavy (non-hydrogen) atoms. The van der Waals surface area contributed by atoms with Gasteiger partial charge in [-0.3, -0.25) is 0 Å². The predicted octanol–water partition coefficient (Wildman–Crippen LogP) is 4.15. The third-order valence-electron chi connectivity index (χ3n) is 2.69. The van der Waals surface area contributed by atoms with Crippen molar-refractivity contribution in [3.63, 3.8) is 0 Å². The Kier molecular flexibility index (Phi) is 5.15. The van der Waals surface area contributed by atoms with E-state index < -0.39 is 0 Å². The van der Waals surface area contributed by atoms with Gasteiger partial charge in [-0.25, -0.2) is 9.18 Å². The number of carbonyl (C=O) groups is 1. The number of hydrogen-bond donors (Lipinski definition) is 2. The lowest BCUT2D eigenvalue weighted by atomic mass is 10.3. The average molecular weight is 288 g/mol. The number of para-hydroxylation sites is 2. The van der Waals surface area contributed by atoms with E-state index in [1.54, 1.807) is 36.4 Å². The van der Waals surface area contributed by atoms with Crippen molar-refractivity contribution in [3.8, 4) is 11.5 Å². The Labute approximate surface area is 122 Å². The summed E-state index contributed by atoms with van der Waals surface area (Å²) in [7, 11) is 0. The molecule has 4 nitrogen and oxygen atoms in total. The summed E-state index contributed by atoms with van der Waals surface area (Å²) in [4.78, 5) is 11.7. The standard InChI is InChI=1S/C16H17FN2O2/c1-2-10-18-16(20)19-14-8-3-4-9-15(14)21-13-7-5-6-12(17)11-13/h3-9,11H,2,10H2,1H3,(H2,18,19,20). The number of benzene rings is 2. The van der Waals surface area contributed by atoms with Crippen LogP contribution in [0.25, 0.3) is 0 Å². The van der Waals surface area contributed by atoms with Crippen molar-refractivity contribution in [2.45, 2.75) is 13.3 Å². The molecule has 2 amide bonds. The van der Waals surface area contributed by atoms with Crippen LogP contribution in [-0.4, -0.2) is 12.6 Å². The molecule has 2 aromatic rings. The molecule has 5 heteroatoms. The number of rotatable bonds is 5. The van der Waals surface area contributed by atoms with E-state index in [1.807, 2.05) is 6.92 Å². The van der Waals surface area contributed by atoms with E-state index in [0.717, 1.165) is 6.42 Å². The van der Waals surface area contributed by atoms with Gasteiger partial charge in [0.2, 0.25) is 0 Å². The molecule has 0 aliphatic carbocycles. The van der Waals surface area contributed by atoms with Gasteiger partial charge in [-0.2, -0.15) is 0 Å². The van der Waals surface area contributed by atoms with Crippen LogP contribution in [0.3, 0.4) is 0 Å². The fourth-order valence-electron chi connectivity index (χ4n) is 1.72. The van der Waals surface area contributed by atoms with Crippen molar-refractivity contribution in [1.82, 2.24) is 5.32 Å². The Morgan fingerprint density at radius 2 is 2.00 bits per heavy atom. The molecule has 2 aromatic carbocycles. The number of hydrogen-bond acceptors (Lipinski definition) is 2. The molecule has 0 saturated heterocycles. The summed E-state index contributed by atoms with van der Waals surface area (Å²) in [6.07, 6.45) is 0.856. The Balaban J connectivity index is 2.11. The highest BCUT2D eigenvalue weighted by Gasteiger charge is 2.08. The largest absolute Gasteiger partial charge is 0.455 e. The van der Waals surface area contributed by atoms with Gasteiger partial charge in [-0.1, -0.05) is 25.1 Å². The van der Waals surface area contributed by atoms with Crippen molar-refractivity contribution in [2.24, 2.45) is 0 Å². The van der Waals surface area contributed by atoms with E-state index in [4.69, 9.17) is 4.74 Å². The van der Waals surface area contributed by atoms with E-state index in [2.05, 4.69) is 10.6 Å². The zero-order chi connectivity index (χ0) is 15.1. The number of anilines is 1. The molecule has 0 aromatic heterocycles. The first kappa shape index (κ1) is 14.8. The first-order chi connectivity index (χ1) is 10.2. The summed E-state index contributed by atoms with van der Waals surface area (Å²) < 4.78 is 18.8. The fraction of sp³-hybridized carbons (Fsp3) is 0.188. The number of halogens is 1. The van der Waals surface area contributed by atoms with Crippen LogP contribution < -0.4 is 15.4 Å². The van der Waals surface area contributed by atoms with Crippen molar-refractivity contribution < 1.29 is 13.9 Å². The number of urea groups is 1. The minimum Gasteiger partial charge on any atom is -0.455 e. The van der Waals surface area contributed by atoms with Crippen molar-refractivity contribution >= 4 is 11.7 Å². The number of nitrogens with one attached hydrogen (secondary N) is 2. The third-order valence-corrected chi connectivity index (χ3v) is 2.69. The van der Waals surface area contributed by atoms with E-state index in [9.17, 15) is 9.18 Å². The van der Waals surface area contributed by atoms with Gasteiger partial charge < -0.3 is 15.4 Å². The maximum Gasteiger partial charge on any atom is 0.319 e. The summed E-state index contributed by atoms with van der Waals surface area (Å²) in [5, 5.41) is 5.43. The van der Waals surface area contributed by atoms with Crippen LogP contribution >= 0.6 is 0 Å². The summed E-state index contributed by atoms with van der Waals surface area (Å²) in [6, 6.07) is 12.5. The molecule has 0 bridgehead atoms. The van der Waals surface area contributed by atoms with Crippen LogP contribution in [0.4, 0.5) is 14.9 Å². The molecule has 0 heterocycles. The number of ether oxygens (including phenoxy) is 1. The van der Waals surface area contributed by atoms with Crippen LogP contribution in [0.15, 0.2) is 48.5 Å². The first-order valence-corrected chi connectivity index (χ1v) is 6.76. The molecule has 0 radical (unpaired) electrons. The Morgan fingerprint density at radius 3 is 2.76 bits per heavy atom. The van der Waals surface area contributed by atoms with Gasteiger partial charge in [-0.15, -0.1) is 0 Å². The molecule has 2 rings (SSSR count). The number of carbonyl (C=O) groups excluding carboxylic acids is 1. The van der Waals surface area contributed by atoms with Crippen molar-refractivity contribution in [2.75, 3.05) is 11.9 Å². The molecular formula is C16H17FN2O2. The molecule has 0 aliphatic heterocycles. The van der Waals surface area contributed by atoms with E-state index >= 15 is 0 Å². The highest BCUT2D eigenvalue weighted by molar-refractivity contribution is 5.90. The lowest BCUT2D eigenvalue weighted by molar-refractivity contribution is 0.252. The predicted molar refractivity (Wildman–Crippen MR) is 80.2 cm³/mol. The Hall–Kier alpha value is -2.56. The monoisotopic (exact) mass is 288 g/mol. The van der Waals surface area contributed by atoms with Crippen molar-refractivity contribution in [3.05, 3.63) is 54.3 Å². The summed E-state index contributed by atoms with van der Waals surface area (Å²) in [6.45, 7) is 2.57. The molecule has 0 fully saturated rings. The minimum absolute atomic E-state index is 0.299. The van der Waals surface area contributed by atoms with Crippen molar-refractivity contribution in [1.29, 1.82) is 0 Å². The van der Waals surface area contributed by atoms with Crippen LogP contribution in [0, 0.1) is 5.82 Å². The maximum atomic E-state index is 13.2. The Bertz CT molecular complexity index is 617. The molecule has 0 saturated carbocycles. The highest BCUT2D eigenvalue weighted by atomic mass is 19.1. The van der Waals surface area contributed by atoms with Gasteiger partial charge >= 0.3 is 6.03 Å². The quantitative estimate of drug-likeness (QED) is 0.868. The highest BCUT2D eigenvalue weighted by Crippen LogP contribution is 2.29. The average Bonchev–Trinajstić information content (AvgIpc) is 2.47. The Morgan fingerprint density at radius 1 is 1.19 bits per heavy atom. The van der Waals surface area contributed by atoms with Gasteiger partial charge in [0.25, 0.3) is 0 Å². The lowest BCUT2D eigenvalue weighted by Gasteiger charge is -2.12. The van der Waals surface area contributed by atoms with E-state index in [0.29, 0.717) is 23.7 Å². The zero-order valence-electron chi connectivity index (χ0n) is 11.7. The molecule has 2 N–H and O–H groups in total. The third kappa shape index (κ3) is 4.49. The number of amides is 2. The lowest BCUT2D eigenvalue weighted by Crippen LogP contribution is -2.29. The molecule has 110 valence electrons. The molecule has 0 unspecified atom stereocenters. The summed E-state index contributed by atoms with van der Waals surface area (Å²) >= 11 is 0. The van der Waals surface area contributed by atoms with Crippen LogP contribution in [0.2, 0.25) is 0 Å². The van der Waals surface area contributed by atoms with Gasteiger partial charge in [0.05, 0.1) is 5.69 Å². The van der Waals surface area contributed by atoms with E-state index in [1.165, 1.54) is 12.1 Å². The molecular weight excluding hydrogens is 271 g/mol. The van der Waals surface area contributed by atoms with E-state index in [-0.39, 0.29) is 11.8 Å². The first-order valence-electron chi connectivity index (χ1n) is 6.76. The van der Waals surface area contributed by atoms with Crippen LogP contribution in [0.5, 0.6) is 11.5 Å². The SMILES string of the molecule is CCCNC(=O)Nc1ccccc1Oc1cccc(F)c1. The minimum atomic E-state index is -0.376. The van der Waals surface area contributed by atoms with Gasteiger partial charge in [0.15, 0.2) is 5.75 Å².